The van der Waals surface area contributed by atoms with E-state index in [9.17, 15) is 18.0 Å². The summed E-state index contributed by atoms with van der Waals surface area (Å²) in [5, 5.41) is 2.60. The van der Waals surface area contributed by atoms with Gasteiger partial charge < -0.3 is 14.8 Å². The molecule has 1 aliphatic rings. The Morgan fingerprint density at radius 2 is 2.04 bits per heavy atom. The fraction of sp³-hybridized carbons (Fsp3) is 0.500. The number of aryl methyl sites for hydroxylation is 1. The van der Waals surface area contributed by atoms with Gasteiger partial charge in [-0.25, -0.2) is 13.2 Å². The van der Waals surface area contributed by atoms with Gasteiger partial charge in [-0.15, -0.1) is 0 Å². The van der Waals surface area contributed by atoms with Crippen molar-refractivity contribution in [3.8, 4) is 5.75 Å². The van der Waals surface area contributed by atoms with Crippen molar-refractivity contribution in [2.75, 3.05) is 18.6 Å². The lowest BCUT2D eigenvalue weighted by Gasteiger charge is -2.17. The maximum Gasteiger partial charge on any atom is 0.342 e. The summed E-state index contributed by atoms with van der Waals surface area (Å²) in [6.45, 7) is 3.27. The number of methoxy groups -OCH3 is 1. The van der Waals surface area contributed by atoms with E-state index in [-0.39, 0.29) is 17.1 Å². The summed E-state index contributed by atoms with van der Waals surface area (Å²) < 4.78 is 33.1. The quantitative estimate of drug-likeness (QED) is 0.786. The lowest BCUT2D eigenvalue weighted by molar-refractivity contribution is -0.129. The van der Waals surface area contributed by atoms with E-state index in [1.54, 1.807) is 18.2 Å². The van der Waals surface area contributed by atoms with E-state index in [0.29, 0.717) is 12.2 Å². The first-order valence-electron chi connectivity index (χ1n) is 7.58. The molecule has 0 bridgehead atoms. The summed E-state index contributed by atoms with van der Waals surface area (Å²) in [6, 6.07) is 4.64. The fourth-order valence-electron chi connectivity index (χ4n) is 2.49. The minimum absolute atomic E-state index is 0.0621. The molecule has 1 N–H and O–H groups in total. The van der Waals surface area contributed by atoms with Crippen molar-refractivity contribution in [2.45, 2.75) is 32.4 Å². The van der Waals surface area contributed by atoms with Crippen molar-refractivity contribution < 1.29 is 27.5 Å². The lowest BCUT2D eigenvalue weighted by Crippen LogP contribution is -2.42. The Morgan fingerprint density at radius 1 is 1.33 bits per heavy atom. The van der Waals surface area contributed by atoms with E-state index in [2.05, 4.69) is 5.32 Å². The molecule has 1 aromatic rings. The molecule has 0 aliphatic carbocycles. The zero-order valence-corrected chi connectivity index (χ0v) is 14.7. The van der Waals surface area contributed by atoms with Crippen LogP contribution < -0.4 is 10.1 Å². The number of carbonyl (C=O) groups excluding carboxylic acids is 2. The van der Waals surface area contributed by atoms with E-state index in [1.807, 2.05) is 6.92 Å². The molecule has 24 heavy (non-hydrogen) atoms. The van der Waals surface area contributed by atoms with Crippen LogP contribution in [0.5, 0.6) is 5.75 Å². The van der Waals surface area contributed by atoms with E-state index >= 15 is 0 Å². The number of rotatable bonds is 5. The minimum atomic E-state index is -3.09. The van der Waals surface area contributed by atoms with Crippen LogP contribution in [0, 0.1) is 6.92 Å². The SMILES string of the molecule is COc1ccc(C)cc1C(=O)O[C@H](C)C(=O)N[C@H]1CCS(=O)(=O)C1. The largest absolute Gasteiger partial charge is 0.496 e. The number of amides is 1. The second-order valence-corrected chi connectivity index (χ2v) is 8.09. The van der Waals surface area contributed by atoms with E-state index in [4.69, 9.17) is 9.47 Å². The van der Waals surface area contributed by atoms with Gasteiger partial charge in [0.1, 0.15) is 11.3 Å². The van der Waals surface area contributed by atoms with Crippen LogP contribution in [0.15, 0.2) is 18.2 Å². The number of benzene rings is 1. The number of carbonyl (C=O) groups is 2. The summed E-state index contributed by atoms with van der Waals surface area (Å²) in [5.41, 5.74) is 1.09. The fourth-order valence-corrected chi connectivity index (χ4v) is 4.16. The molecule has 8 heteroatoms. The smallest absolute Gasteiger partial charge is 0.342 e. The van der Waals surface area contributed by atoms with Crippen molar-refractivity contribution >= 4 is 21.7 Å². The van der Waals surface area contributed by atoms with Crippen molar-refractivity contribution in [1.82, 2.24) is 5.32 Å². The first kappa shape index (κ1) is 18.3. The Hall–Kier alpha value is -2.09. The number of esters is 1. The Kier molecular flexibility index (Phi) is 5.48. The van der Waals surface area contributed by atoms with Crippen LogP contribution in [0.2, 0.25) is 0 Å². The summed E-state index contributed by atoms with van der Waals surface area (Å²) in [6.07, 6.45) is -0.661. The van der Waals surface area contributed by atoms with Gasteiger partial charge in [-0.2, -0.15) is 0 Å². The molecule has 7 nitrogen and oxygen atoms in total. The van der Waals surface area contributed by atoms with Crippen molar-refractivity contribution in [2.24, 2.45) is 0 Å². The maximum absolute atomic E-state index is 12.3. The molecular weight excluding hydrogens is 334 g/mol. The van der Waals surface area contributed by atoms with Crippen LogP contribution in [0.25, 0.3) is 0 Å². The Morgan fingerprint density at radius 3 is 2.62 bits per heavy atom. The third-order valence-corrected chi connectivity index (χ3v) is 5.57. The number of ether oxygens (including phenoxy) is 2. The van der Waals surface area contributed by atoms with Crippen LogP contribution in [0.3, 0.4) is 0 Å². The third-order valence-electron chi connectivity index (χ3n) is 3.81. The number of hydrogen-bond acceptors (Lipinski definition) is 6. The van der Waals surface area contributed by atoms with Gasteiger partial charge in [0.25, 0.3) is 5.91 Å². The summed E-state index contributed by atoms with van der Waals surface area (Å²) in [7, 11) is -1.64. The zero-order valence-electron chi connectivity index (χ0n) is 13.9. The summed E-state index contributed by atoms with van der Waals surface area (Å²) >= 11 is 0. The first-order valence-corrected chi connectivity index (χ1v) is 9.40. The van der Waals surface area contributed by atoms with Gasteiger partial charge >= 0.3 is 5.97 Å². The summed E-state index contributed by atoms with van der Waals surface area (Å²) in [4.78, 5) is 24.3. The molecule has 2 atom stereocenters. The summed E-state index contributed by atoms with van der Waals surface area (Å²) in [5.74, 6) is -0.841. The van der Waals surface area contributed by atoms with Gasteiger partial charge in [0.15, 0.2) is 15.9 Å². The van der Waals surface area contributed by atoms with Crippen molar-refractivity contribution in [3.63, 3.8) is 0 Å². The van der Waals surface area contributed by atoms with Crippen LogP contribution in [0.1, 0.15) is 29.3 Å². The first-order chi connectivity index (χ1) is 11.2. The van der Waals surface area contributed by atoms with Crippen molar-refractivity contribution in [3.05, 3.63) is 29.3 Å². The molecule has 1 aromatic carbocycles. The number of nitrogens with one attached hydrogen (secondary N) is 1. The lowest BCUT2D eigenvalue weighted by atomic mass is 10.1. The van der Waals surface area contributed by atoms with E-state index in [1.165, 1.54) is 14.0 Å². The predicted octanol–water partition coefficient (Wildman–Crippen LogP) is 0.852. The third kappa shape index (κ3) is 4.47. The highest BCUT2D eigenvalue weighted by Gasteiger charge is 2.31. The van der Waals surface area contributed by atoms with Crippen LogP contribution in [-0.2, 0) is 19.4 Å². The topological polar surface area (TPSA) is 98.8 Å². The highest BCUT2D eigenvalue weighted by atomic mass is 32.2. The Labute approximate surface area is 141 Å². The van der Waals surface area contributed by atoms with Gasteiger partial charge in [0.2, 0.25) is 0 Å². The maximum atomic E-state index is 12.3. The van der Waals surface area contributed by atoms with Crippen LogP contribution in [-0.4, -0.2) is 51.1 Å². The Bertz CT molecular complexity index is 743. The molecule has 1 fully saturated rings. The highest BCUT2D eigenvalue weighted by Crippen LogP contribution is 2.21. The molecular formula is C16H21NO6S. The van der Waals surface area contributed by atoms with Gasteiger partial charge in [0.05, 0.1) is 18.6 Å². The predicted molar refractivity (Wildman–Crippen MR) is 87.8 cm³/mol. The monoisotopic (exact) mass is 355 g/mol. The molecule has 1 saturated heterocycles. The molecule has 1 amide bonds. The van der Waals surface area contributed by atoms with E-state index in [0.717, 1.165) is 5.56 Å². The normalized spacial score (nSPS) is 20.2. The van der Waals surface area contributed by atoms with Crippen LogP contribution in [0.4, 0.5) is 0 Å². The van der Waals surface area contributed by atoms with Crippen LogP contribution >= 0.6 is 0 Å². The molecule has 0 aromatic heterocycles. The van der Waals surface area contributed by atoms with Gasteiger partial charge in [-0.3, -0.25) is 4.79 Å². The molecule has 0 radical (unpaired) electrons. The average Bonchev–Trinajstić information content (AvgIpc) is 2.85. The second-order valence-electron chi connectivity index (χ2n) is 5.86. The van der Waals surface area contributed by atoms with E-state index < -0.39 is 33.9 Å². The zero-order chi connectivity index (χ0) is 17.9. The van der Waals surface area contributed by atoms with Gasteiger partial charge in [0, 0.05) is 6.04 Å². The molecule has 0 unspecified atom stereocenters. The van der Waals surface area contributed by atoms with Gasteiger partial charge in [-0.1, -0.05) is 11.6 Å². The van der Waals surface area contributed by atoms with Crippen molar-refractivity contribution in [1.29, 1.82) is 0 Å². The molecule has 0 saturated carbocycles. The molecule has 1 aliphatic heterocycles. The molecule has 2 rings (SSSR count). The highest BCUT2D eigenvalue weighted by molar-refractivity contribution is 7.91. The molecule has 1 heterocycles. The van der Waals surface area contributed by atoms with Gasteiger partial charge in [-0.05, 0) is 32.4 Å². The number of sulfone groups is 1. The minimum Gasteiger partial charge on any atom is -0.496 e. The molecule has 132 valence electrons. The molecule has 0 spiro atoms. The average molecular weight is 355 g/mol. The number of hydrogen-bond donors (Lipinski definition) is 1. The second kappa shape index (κ2) is 7.21. The standard InChI is InChI=1S/C16H21NO6S/c1-10-4-5-14(22-3)13(8-10)16(19)23-11(2)15(18)17-12-6-7-24(20,21)9-12/h4-5,8,11-12H,6-7,9H2,1-3H3,(H,17,18)/t11-,12+/m1/s1. The Balaban J connectivity index is 1.98.